The SMILES string of the molecule is CN(C)c1ccc(-c2nc(C(=O)O)c(Br)s2)cc1. The number of aromatic nitrogens is 1. The molecule has 0 amide bonds. The van der Waals surface area contributed by atoms with Gasteiger partial charge in [-0.05, 0) is 40.2 Å². The molecule has 0 saturated heterocycles. The summed E-state index contributed by atoms with van der Waals surface area (Å²) in [7, 11) is 3.94. The van der Waals surface area contributed by atoms with Crippen molar-refractivity contribution in [1.82, 2.24) is 4.98 Å². The average Bonchev–Trinajstić information content (AvgIpc) is 2.71. The number of carboxylic acids is 1. The number of carboxylic acid groups (broad SMARTS) is 1. The van der Waals surface area contributed by atoms with E-state index in [0.717, 1.165) is 11.3 Å². The van der Waals surface area contributed by atoms with Crippen molar-refractivity contribution in [3.05, 3.63) is 33.7 Å². The lowest BCUT2D eigenvalue weighted by molar-refractivity contribution is 0.0690. The van der Waals surface area contributed by atoms with Gasteiger partial charge in [0, 0.05) is 25.3 Å². The molecule has 0 aliphatic carbocycles. The molecular weight excluding hydrogens is 316 g/mol. The van der Waals surface area contributed by atoms with Crippen LogP contribution in [0.3, 0.4) is 0 Å². The van der Waals surface area contributed by atoms with Gasteiger partial charge in [0.1, 0.15) is 8.79 Å². The van der Waals surface area contributed by atoms with Crippen molar-refractivity contribution in [1.29, 1.82) is 0 Å². The highest BCUT2D eigenvalue weighted by Gasteiger charge is 2.16. The highest BCUT2D eigenvalue weighted by Crippen LogP contribution is 2.32. The molecule has 0 saturated carbocycles. The molecule has 1 aromatic carbocycles. The Labute approximate surface area is 117 Å². The zero-order valence-corrected chi connectivity index (χ0v) is 12.2. The van der Waals surface area contributed by atoms with E-state index in [1.165, 1.54) is 11.3 Å². The number of aromatic carboxylic acids is 1. The summed E-state index contributed by atoms with van der Waals surface area (Å²) in [6.45, 7) is 0. The molecule has 4 nitrogen and oxygen atoms in total. The lowest BCUT2D eigenvalue weighted by Gasteiger charge is -2.11. The summed E-state index contributed by atoms with van der Waals surface area (Å²) in [5, 5.41) is 9.65. The smallest absolute Gasteiger partial charge is 0.356 e. The molecule has 0 spiro atoms. The van der Waals surface area contributed by atoms with Crippen molar-refractivity contribution in [3.8, 4) is 10.6 Å². The summed E-state index contributed by atoms with van der Waals surface area (Å²) < 4.78 is 0.543. The first-order valence-corrected chi connectivity index (χ1v) is 6.77. The molecule has 0 aliphatic rings. The van der Waals surface area contributed by atoms with Crippen molar-refractivity contribution in [2.45, 2.75) is 0 Å². The Balaban J connectivity index is 2.37. The van der Waals surface area contributed by atoms with Crippen LogP contribution in [-0.4, -0.2) is 30.2 Å². The van der Waals surface area contributed by atoms with E-state index in [2.05, 4.69) is 20.9 Å². The standard InChI is InChI=1S/C12H11BrN2O2S/c1-15(2)8-5-3-7(4-6-8)11-14-9(12(16)17)10(13)18-11/h3-6H,1-2H3,(H,16,17). The molecule has 6 heteroatoms. The van der Waals surface area contributed by atoms with Crippen molar-refractivity contribution in [3.63, 3.8) is 0 Å². The number of thiazole rings is 1. The third-order valence-electron chi connectivity index (χ3n) is 2.42. The number of anilines is 1. The van der Waals surface area contributed by atoms with E-state index in [1.54, 1.807) is 0 Å². The third kappa shape index (κ3) is 2.54. The van der Waals surface area contributed by atoms with Gasteiger partial charge in [-0.1, -0.05) is 0 Å². The summed E-state index contributed by atoms with van der Waals surface area (Å²) in [5.74, 6) is -1.02. The van der Waals surface area contributed by atoms with Crippen LogP contribution in [0.25, 0.3) is 10.6 Å². The van der Waals surface area contributed by atoms with E-state index in [0.29, 0.717) is 8.79 Å². The van der Waals surface area contributed by atoms with Crippen molar-refractivity contribution >= 4 is 38.9 Å². The highest BCUT2D eigenvalue weighted by atomic mass is 79.9. The van der Waals surface area contributed by atoms with Crippen LogP contribution in [-0.2, 0) is 0 Å². The van der Waals surface area contributed by atoms with Crippen LogP contribution in [0.2, 0.25) is 0 Å². The Hall–Kier alpha value is -1.40. The number of benzene rings is 1. The van der Waals surface area contributed by atoms with Gasteiger partial charge in [-0.3, -0.25) is 0 Å². The largest absolute Gasteiger partial charge is 0.476 e. The van der Waals surface area contributed by atoms with Gasteiger partial charge in [-0.2, -0.15) is 0 Å². The fourth-order valence-corrected chi connectivity index (χ4v) is 2.97. The minimum atomic E-state index is -1.02. The summed E-state index contributed by atoms with van der Waals surface area (Å²) in [6, 6.07) is 7.83. The van der Waals surface area contributed by atoms with E-state index in [9.17, 15) is 4.79 Å². The Bertz CT molecular complexity index is 578. The van der Waals surface area contributed by atoms with Crippen LogP contribution in [0, 0.1) is 0 Å². The lowest BCUT2D eigenvalue weighted by atomic mass is 10.2. The third-order valence-corrected chi connectivity index (χ3v) is 4.17. The first-order valence-electron chi connectivity index (χ1n) is 5.16. The van der Waals surface area contributed by atoms with Crippen LogP contribution in [0.15, 0.2) is 28.1 Å². The second-order valence-corrected chi connectivity index (χ2v) is 6.20. The number of hydrogen-bond donors (Lipinski definition) is 1. The predicted molar refractivity (Wildman–Crippen MR) is 76.5 cm³/mol. The van der Waals surface area contributed by atoms with Gasteiger partial charge in [-0.15, -0.1) is 11.3 Å². The molecule has 2 rings (SSSR count). The van der Waals surface area contributed by atoms with Gasteiger partial charge in [0.05, 0.1) is 0 Å². The van der Waals surface area contributed by atoms with E-state index >= 15 is 0 Å². The molecule has 1 N–H and O–H groups in total. The fourth-order valence-electron chi connectivity index (χ4n) is 1.46. The van der Waals surface area contributed by atoms with Crippen LogP contribution in [0.1, 0.15) is 10.5 Å². The molecule has 0 radical (unpaired) electrons. The molecule has 0 aliphatic heterocycles. The maximum absolute atomic E-state index is 10.9. The summed E-state index contributed by atoms with van der Waals surface area (Å²) in [6.07, 6.45) is 0. The summed E-state index contributed by atoms with van der Waals surface area (Å²) >= 11 is 4.54. The second kappa shape index (κ2) is 5.07. The van der Waals surface area contributed by atoms with Gasteiger partial charge in [-0.25, -0.2) is 9.78 Å². The first-order chi connectivity index (χ1) is 8.49. The maximum Gasteiger partial charge on any atom is 0.356 e. The summed E-state index contributed by atoms with van der Waals surface area (Å²) in [4.78, 5) is 17.0. The first kappa shape index (κ1) is 13.0. The van der Waals surface area contributed by atoms with Crippen LogP contribution >= 0.6 is 27.3 Å². The monoisotopic (exact) mass is 326 g/mol. The molecule has 0 atom stereocenters. The normalized spacial score (nSPS) is 10.4. The molecule has 94 valence electrons. The van der Waals surface area contributed by atoms with Crippen molar-refractivity contribution < 1.29 is 9.90 Å². The Morgan fingerprint density at radius 2 is 1.94 bits per heavy atom. The highest BCUT2D eigenvalue weighted by molar-refractivity contribution is 9.11. The Kier molecular flexibility index (Phi) is 3.68. The number of halogens is 1. The number of hydrogen-bond acceptors (Lipinski definition) is 4. The molecule has 1 aromatic heterocycles. The molecule has 0 bridgehead atoms. The molecule has 0 unspecified atom stereocenters. The van der Waals surface area contributed by atoms with E-state index in [-0.39, 0.29) is 5.69 Å². The zero-order chi connectivity index (χ0) is 13.3. The number of rotatable bonds is 3. The second-order valence-electron chi connectivity index (χ2n) is 3.89. The minimum Gasteiger partial charge on any atom is -0.476 e. The molecule has 18 heavy (non-hydrogen) atoms. The molecule has 1 heterocycles. The summed E-state index contributed by atoms with van der Waals surface area (Å²) in [5.41, 5.74) is 2.07. The minimum absolute atomic E-state index is 0.0617. The van der Waals surface area contributed by atoms with Crippen LogP contribution < -0.4 is 4.90 Å². The Morgan fingerprint density at radius 1 is 1.33 bits per heavy atom. The van der Waals surface area contributed by atoms with Gasteiger partial charge < -0.3 is 10.0 Å². The van der Waals surface area contributed by atoms with E-state index in [1.807, 2.05) is 43.3 Å². The number of carbonyl (C=O) groups is 1. The topological polar surface area (TPSA) is 53.4 Å². The average molecular weight is 327 g/mol. The van der Waals surface area contributed by atoms with Crippen molar-refractivity contribution in [2.24, 2.45) is 0 Å². The van der Waals surface area contributed by atoms with Gasteiger partial charge in [0.15, 0.2) is 5.69 Å². The quantitative estimate of drug-likeness (QED) is 0.939. The van der Waals surface area contributed by atoms with Gasteiger partial charge in [0.2, 0.25) is 0 Å². The van der Waals surface area contributed by atoms with Crippen LogP contribution in [0.5, 0.6) is 0 Å². The molecule has 2 aromatic rings. The van der Waals surface area contributed by atoms with Crippen molar-refractivity contribution in [2.75, 3.05) is 19.0 Å². The van der Waals surface area contributed by atoms with E-state index in [4.69, 9.17) is 5.11 Å². The lowest BCUT2D eigenvalue weighted by Crippen LogP contribution is -2.07. The van der Waals surface area contributed by atoms with E-state index < -0.39 is 5.97 Å². The van der Waals surface area contributed by atoms with Crippen LogP contribution in [0.4, 0.5) is 5.69 Å². The number of nitrogens with zero attached hydrogens (tertiary/aromatic N) is 2. The molecule has 0 fully saturated rings. The van der Waals surface area contributed by atoms with Gasteiger partial charge in [0.25, 0.3) is 0 Å². The molecular formula is C12H11BrN2O2S. The Morgan fingerprint density at radius 3 is 2.39 bits per heavy atom. The zero-order valence-electron chi connectivity index (χ0n) is 9.85. The predicted octanol–water partition coefficient (Wildman–Crippen LogP) is 3.34. The van der Waals surface area contributed by atoms with Gasteiger partial charge >= 0.3 is 5.97 Å². The maximum atomic E-state index is 10.9. The fraction of sp³-hybridized carbons (Fsp3) is 0.167.